The second-order valence-electron chi connectivity index (χ2n) is 4.35. The van der Waals surface area contributed by atoms with Crippen LogP contribution >= 0.6 is 0 Å². The van der Waals surface area contributed by atoms with Crippen molar-refractivity contribution in [1.82, 2.24) is 4.31 Å². The van der Waals surface area contributed by atoms with Gasteiger partial charge in [0.1, 0.15) is 0 Å². The van der Waals surface area contributed by atoms with Crippen molar-refractivity contribution in [3.05, 3.63) is 0 Å². The van der Waals surface area contributed by atoms with Crippen LogP contribution in [0.2, 0.25) is 0 Å². The fourth-order valence-electron chi connectivity index (χ4n) is 1.49. The van der Waals surface area contributed by atoms with Crippen molar-refractivity contribution >= 4 is 10.0 Å². The molecule has 0 saturated carbocycles. The van der Waals surface area contributed by atoms with Crippen LogP contribution in [0.15, 0.2) is 0 Å². The Morgan fingerprint density at radius 1 is 1.43 bits per heavy atom. The van der Waals surface area contributed by atoms with E-state index in [0.717, 1.165) is 12.8 Å². The Hall–Kier alpha value is -0.600. The summed E-state index contributed by atoms with van der Waals surface area (Å²) in [7, 11) is -3.08. The molecule has 1 fully saturated rings. The lowest BCUT2D eigenvalue weighted by Gasteiger charge is -2.30. The first-order chi connectivity index (χ1) is 6.37. The molecule has 1 aliphatic heterocycles. The zero-order valence-electron chi connectivity index (χ0n) is 8.65. The van der Waals surface area contributed by atoms with E-state index in [1.165, 1.54) is 4.31 Å². The Bertz CT molecular complexity index is 340. The molecule has 14 heavy (non-hydrogen) atoms. The van der Waals surface area contributed by atoms with Crippen LogP contribution in [0, 0.1) is 16.7 Å². The van der Waals surface area contributed by atoms with E-state index < -0.39 is 15.4 Å². The Labute approximate surface area is 85.6 Å². The molecule has 0 bridgehead atoms. The van der Waals surface area contributed by atoms with Gasteiger partial charge in [-0.3, -0.25) is 0 Å². The van der Waals surface area contributed by atoms with Gasteiger partial charge in [-0.05, 0) is 26.7 Å². The third kappa shape index (κ3) is 2.69. The van der Waals surface area contributed by atoms with E-state index in [2.05, 4.69) is 6.07 Å². The minimum absolute atomic E-state index is 0.231. The van der Waals surface area contributed by atoms with Gasteiger partial charge in [0.05, 0.1) is 17.2 Å². The molecule has 0 aromatic heterocycles. The number of hydrogen-bond donors (Lipinski definition) is 0. The Balaban J connectivity index is 2.74. The van der Waals surface area contributed by atoms with Crippen molar-refractivity contribution in [3.63, 3.8) is 0 Å². The van der Waals surface area contributed by atoms with E-state index in [0.29, 0.717) is 13.1 Å². The molecule has 1 saturated heterocycles. The number of nitriles is 1. The van der Waals surface area contributed by atoms with Crippen LogP contribution in [0.1, 0.15) is 26.7 Å². The first-order valence-electron chi connectivity index (χ1n) is 4.76. The highest BCUT2D eigenvalue weighted by atomic mass is 32.2. The van der Waals surface area contributed by atoms with E-state index >= 15 is 0 Å². The molecule has 0 amide bonds. The molecule has 1 heterocycles. The molecule has 0 spiro atoms. The molecule has 5 heteroatoms. The van der Waals surface area contributed by atoms with Gasteiger partial charge in [0.15, 0.2) is 0 Å². The van der Waals surface area contributed by atoms with Gasteiger partial charge in [-0.15, -0.1) is 0 Å². The zero-order valence-corrected chi connectivity index (χ0v) is 9.47. The second-order valence-corrected chi connectivity index (χ2v) is 6.44. The predicted octanol–water partition coefficient (Wildman–Crippen LogP) is 0.962. The Morgan fingerprint density at radius 2 is 2.07 bits per heavy atom. The third-order valence-corrected chi connectivity index (χ3v) is 4.23. The number of nitrogens with zero attached hydrogens (tertiary/aromatic N) is 2. The van der Waals surface area contributed by atoms with Crippen LogP contribution in [0.4, 0.5) is 0 Å². The number of hydrogen-bond acceptors (Lipinski definition) is 3. The fraction of sp³-hybridized carbons (Fsp3) is 0.889. The lowest BCUT2D eigenvalue weighted by atomic mass is 9.96. The minimum atomic E-state index is -3.08. The highest BCUT2D eigenvalue weighted by Gasteiger charge is 2.31. The van der Waals surface area contributed by atoms with Crippen LogP contribution in [0.3, 0.4) is 0 Å². The lowest BCUT2D eigenvalue weighted by Crippen LogP contribution is -2.42. The predicted molar refractivity (Wildman–Crippen MR) is 54.0 cm³/mol. The Kier molecular flexibility index (Phi) is 3.17. The standard InChI is InChI=1S/C9H16N2O2S/c1-9(2,7-10)8-11-5-3-4-6-14(11,12)13/h3-6,8H2,1-2H3. The number of rotatable bonds is 2. The van der Waals surface area contributed by atoms with Gasteiger partial charge in [-0.1, -0.05) is 0 Å². The highest BCUT2D eigenvalue weighted by molar-refractivity contribution is 7.89. The van der Waals surface area contributed by atoms with Crippen LogP contribution < -0.4 is 0 Å². The zero-order chi connectivity index (χ0) is 10.8. The third-order valence-electron chi connectivity index (χ3n) is 2.33. The first-order valence-corrected chi connectivity index (χ1v) is 6.37. The average molecular weight is 216 g/mol. The van der Waals surface area contributed by atoms with Crippen molar-refractivity contribution in [2.75, 3.05) is 18.8 Å². The van der Waals surface area contributed by atoms with Crippen molar-refractivity contribution in [2.24, 2.45) is 5.41 Å². The van der Waals surface area contributed by atoms with E-state index in [9.17, 15) is 8.42 Å². The molecule has 0 aliphatic carbocycles. The van der Waals surface area contributed by atoms with E-state index in [1.54, 1.807) is 13.8 Å². The molecule has 0 atom stereocenters. The quantitative estimate of drug-likeness (QED) is 0.690. The molecule has 80 valence electrons. The summed E-state index contributed by atoms with van der Waals surface area (Å²) in [6.07, 6.45) is 1.65. The summed E-state index contributed by atoms with van der Waals surface area (Å²) < 4.78 is 24.6. The second kappa shape index (κ2) is 3.87. The summed E-state index contributed by atoms with van der Waals surface area (Å²) in [4.78, 5) is 0. The van der Waals surface area contributed by atoms with Crippen LogP contribution in [-0.2, 0) is 10.0 Å². The minimum Gasteiger partial charge on any atom is -0.212 e. The molecular weight excluding hydrogens is 200 g/mol. The van der Waals surface area contributed by atoms with Gasteiger partial charge in [-0.25, -0.2) is 12.7 Å². The van der Waals surface area contributed by atoms with Crippen molar-refractivity contribution in [2.45, 2.75) is 26.7 Å². The smallest absolute Gasteiger partial charge is 0.212 e. The van der Waals surface area contributed by atoms with Gasteiger partial charge in [0.2, 0.25) is 10.0 Å². The van der Waals surface area contributed by atoms with E-state index in [-0.39, 0.29) is 5.75 Å². The van der Waals surface area contributed by atoms with Gasteiger partial charge in [0, 0.05) is 13.1 Å². The maximum Gasteiger partial charge on any atom is 0.214 e. The summed E-state index contributed by atoms with van der Waals surface area (Å²) in [6, 6.07) is 2.12. The normalized spacial score (nSPS) is 22.9. The summed E-state index contributed by atoms with van der Waals surface area (Å²) in [5, 5.41) is 8.82. The molecule has 4 nitrogen and oxygen atoms in total. The summed E-state index contributed by atoms with van der Waals surface area (Å²) in [6.45, 7) is 4.40. The molecule has 0 N–H and O–H groups in total. The Morgan fingerprint density at radius 3 is 2.57 bits per heavy atom. The topological polar surface area (TPSA) is 61.2 Å². The SMILES string of the molecule is CC(C)(C#N)CN1CCCCS1(=O)=O. The molecule has 1 rings (SSSR count). The number of sulfonamides is 1. The van der Waals surface area contributed by atoms with Crippen molar-refractivity contribution < 1.29 is 8.42 Å². The summed E-state index contributed by atoms with van der Waals surface area (Å²) >= 11 is 0. The first kappa shape index (κ1) is 11.5. The largest absolute Gasteiger partial charge is 0.214 e. The van der Waals surface area contributed by atoms with Crippen LogP contribution in [0.5, 0.6) is 0 Å². The highest BCUT2D eigenvalue weighted by Crippen LogP contribution is 2.21. The van der Waals surface area contributed by atoms with Crippen LogP contribution in [0.25, 0.3) is 0 Å². The molecular formula is C9H16N2O2S. The molecule has 0 aromatic carbocycles. The van der Waals surface area contributed by atoms with Gasteiger partial charge in [-0.2, -0.15) is 5.26 Å². The van der Waals surface area contributed by atoms with Gasteiger partial charge < -0.3 is 0 Å². The fourth-order valence-corrected chi connectivity index (χ4v) is 3.25. The molecule has 0 radical (unpaired) electrons. The molecule has 0 aromatic rings. The lowest BCUT2D eigenvalue weighted by molar-refractivity contribution is 0.304. The average Bonchev–Trinajstić information content (AvgIpc) is 2.09. The van der Waals surface area contributed by atoms with Gasteiger partial charge >= 0.3 is 0 Å². The maximum absolute atomic E-state index is 11.6. The van der Waals surface area contributed by atoms with Crippen LogP contribution in [-0.4, -0.2) is 31.6 Å². The van der Waals surface area contributed by atoms with Crippen molar-refractivity contribution in [3.8, 4) is 6.07 Å². The summed E-state index contributed by atoms with van der Waals surface area (Å²) in [5.41, 5.74) is -0.593. The van der Waals surface area contributed by atoms with Gasteiger partial charge in [0.25, 0.3) is 0 Å². The van der Waals surface area contributed by atoms with Crippen molar-refractivity contribution in [1.29, 1.82) is 5.26 Å². The maximum atomic E-state index is 11.6. The van der Waals surface area contributed by atoms with E-state index in [4.69, 9.17) is 5.26 Å². The monoisotopic (exact) mass is 216 g/mol. The molecule has 0 unspecified atom stereocenters. The van der Waals surface area contributed by atoms with E-state index in [1.807, 2.05) is 0 Å². The summed E-state index contributed by atoms with van der Waals surface area (Å²) in [5.74, 6) is 0.231. The molecule has 1 aliphatic rings.